The molecule has 0 saturated heterocycles. The summed E-state index contributed by atoms with van der Waals surface area (Å²) in [5, 5.41) is 4.40. The molecule has 20 heavy (non-hydrogen) atoms. The van der Waals surface area contributed by atoms with E-state index in [2.05, 4.69) is 10.3 Å². The molecule has 2 rings (SSSR count). The van der Waals surface area contributed by atoms with Crippen LogP contribution < -0.4 is 5.32 Å². The van der Waals surface area contributed by atoms with Crippen LogP contribution in [-0.2, 0) is 17.8 Å². The van der Waals surface area contributed by atoms with Crippen LogP contribution in [0.3, 0.4) is 0 Å². The van der Waals surface area contributed by atoms with E-state index in [1.54, 1.807) is 7.11 Å². The number of hydrogen-bond acceptors (Lipinski definition) is 3. The minimum atomic E-state index is 0.573. The third kappa shape index (κ3) is 4.49. The van der Waals surface area contributed by atoms with Gasteiger partial charge in [-0.05, 0) is 17.7 Å². The maximum atomic E-state index is 6.00. The number of nitrogens with zero attached hydrogens (tertiary/aromatic N) is 2. The zero-order valence-electron chi connectivity index (χ0n) is 11.3. The van der Waals surface area contributed by atoms with Crippen LogP contribution in [0.1, 0.15) is 11.3 Å². The van der Waals surface area contributed by atoms with Gasteiger partial charge in [-0.25, -0.2) is 4.98 Å². The summed E-state index contributed by atoms with van der Waals surface area (Å²) in [5.41, 5.74) is 2.09. The summed E-state index contributed by atoms with van der Waals surface area (Å²) in [5.74, 6) is 0. The Balaban J connectivity index is 1.90. The number of benzene rings is 1. The Hall–Kier alpha value is -1.07. The second-order valence-corrected chi connectivity index (χ2v) is 5.27. The van der Waals surface area contributed by atoms with Gasteiger partial charge >= 0.3 is 0 Å². The van der Waals surface area contributed by atoms with Gasteiger partial charge < -0.3 is 14.6 Å². The molecule has 0 atom stereocenters. The number of rotatable bonds is 7. The average molecular weight is 314 g/mol. The molecule has 0 aliphatic carbocycles. The first-order valence-corrected chi connectivity index (χ1v) is 7.09. The highest BCUT2D eigenvalue weighted by molar-refractivity contribution is 6.42. The number of nitrogens with one attached hydrogen (secondary N) is 1. The number of aromatic nitrogens is 2. The van der Waals surface area contributed by atoms with Crippen LogP contribution in [0, 0.1) is 0 Å². The molecule has 4 nitrogen and oxygen atoms in total. The normalized spacial score (nSPS) is 10.9. The van der Waals surface area contributed by atoms with E-state index in [9.17, 15) is 0 Å². The molecule has 2 aromatic rings. The molecule has 6 heteroatoms. The van der Waals surface area contributed by atoms with Crippen LogP contribution in [-0.4, -0.2) is 29.8 Å². The van der Waals surface area contributed by atoms with Crippen LogP contribution in [0.15, 0.2) is 30.7 Å². The van der Waals surface area contributed by atoms with Gasteiger partial charge in [-0.15, -0.1) is 0 Å². The van der Waals surface area contributed by atoms with Gasteiger partial charge in [-0.1, -0.05) is 29.3 Å². The topological polar surface area (TPSA) is 39.1 Å². The molecule has 108 valence electrons. The number of halogens is 2. The van der Waals surface area contributed by atoms with Crippen molar-refractivity contribution in [1.29, 1.82) is 0 Å². The average Bonchev–Trinajstić information content (AvgIpc) is 2.87. The molecular formula is C14H17Cl2N3O. The van der Waals surface area contributed by atoms with Crippen LogP contribution in [0.4, 0.5) is 0 Å². The summed E-state index contributed by atoms with van der Waals surface area (Å²) in [6, 6.07) is 5.65. The maximum Gasteiger partial charge on any atom is 0.0953 e. The number of ether oxygens (including phenoxy) is 1. The van der Waals surface area contributed by atoms with E-state index in [1.165, 1.54) is 0 Å². The van der Waals surface area contributed by atoms with Crippen molar-refractivity contribution in [3.63, 3.8) is 0 Å². The zero-order chi connectivity index (χ0) is 14.4. The Kier molecular flexibility index (Phi) is 5.86. The van der Waals surface area contributed by atoms with Gasteiger partial charge in [0, 0.05) is 32.9 Å². The lowest BCUT2D eigenvalue weighted by Gasteiger charge is -2.04. The first kappa shape index (κ1) is 15.3. The van der Waals surface area contributed by atoms with Crippen LogP contribution in [0.2, 0.25) is 10.0 Å². The minimum Gasteiger partial charge on any atom is -0.383 e. The first-order valence-electron chi connectivity index (χ1n) is 6.33. The van der Waals surface area contributed by atoms with E-state index in [1.807, 2.05) is 35.3 Å². The molecule has 0 spiro atoms. The Labute approximate surface area is 128 Å². The molecule has 1 aromatic carbocycles. The predicted molar refractivity (Wildman–Crippen MR) is 81.4 cm³/mol. The van der Waals surface area contributed by atoms with Gasteiger partial charge in [0.1, 0.15) is 0 Å². The molecule has 0 saturated carbocycles. The van der Waals surface area contributed by atoms with Gasteiger partial charge in [0.2, 0.25) is 0 Å². The van der Waals surface area contributed by atoms with Gasteiger partial charge in [0.25, 0.3) is 0 Å². The van der Waals surface area contributed by atoms with Crippen molar-refractivity contribution >= 4 is 23.2 Å². The van der Waals surface area contributed by atoms with Crippen molar-refractivity contribution in [2.24, 2.45) is 0 Å². The molecule has 0 radical (unpaired) electrons. The number of imidazole rings is 1. The molecular weight excluding hydrogens is 297 g/mol. The lowest BCUT2D eigenvalue weighted by atomic mass is 10.2. The third-order valence-electron chi connectivity index (χ3n) is 2.82. The van der Waals surface area contributed by atoms with Crippen LogP contribution in [0.5, 0.6) is 0 Å². The summed E-state index contributed by atoms with van der Waals surface area (Å²) in [6.07, 6.45) is 3.83. The highest BCUT2D eigenvalue weighted by atomic mass is 35.5. The van der Waals surface area contributed by atoms with Gasteiger partial charge in [0.05, 0.1) is 28.7 Å². The third-order valence-corrected chi connectivity index (χ3v) is 3.56. The summed E-state index contributed by atoms with van der Waals surface area (Å²) >= 11 is 11.9. The fourth-order valence-corrected chi connectivity index (χ4v) is 2.14. The highest BCUT2D eigenvalue weighted by Crippen LogP contribution is 2.22. The number of methoxy groups -OCH3 is 1. The SMILES string of the molecule is COCCNCc1cn(Cc2ccc(Cl)c(Cl)c2)cn1. The van der Waals surface area contributed by atoms with Crippen LogP contribution >= 0.6 is 23.2 Å². The highest BCUT2D eigenvalue weighted by Gasteiger charge is 2.02. The van der Waals surface area contributed by atoms with Gasteiger partial charge in [0.15, 0.2) is 0 Å². The molecule has 0 aliphatic heterocycles. The molecule has 1 heterocycles. The fourth-order valence-electron chi connectivity index (χ4n) is 1.82. The van der Waals surface area contributed by atoms with Crippen molar-refractivity contribution in [3.8, 4) is 0 Å². The van der Waals surface area contributed by atoms with E-state index in [4.69, 9.17) is 27.9 Å². The zero-order valence-corrected chi connectivity index (χ0v) is 12.8. The first-order chi connectivity index (χ1) is 9.69. The summed E-state index contributed by atoms with van der Waals surface area (Å²) < 4.78 is 6.99. The van der Waals surface area contributed by atoms with Crippen molar-refractivity contribution in [2.75, 3.05) is 20.3 Å². The Morgan fingerprint density at radius 1 is 1.30 bits per heavy atom. The van der Waals surface area contributed by atoms with Crippen molar-refractivity contribution < 1.29 is 4.74 Å². The Morgan fingerprint density at radius 3 is 2.90 bits per heavy atom. The Bertz CT molecular complexity index is 557. The molecule has 0 amide bonds. The Morgan fingerprint density at radius 2 is 2.15 bits per heavy atom. The molecule has 0 bridgehead atoms. The van der Waals surface area contributed by atoms with Crippen molar-refractivity contribution in [1.82, 2.24) is 14.9 Å². The molecule has 0 unspecified atom stereocenters. The standard InChI is InChI=1S/C14H17Cl2N3O/c1-20-5-4-17-7-12-9-19(10-18-12)8-11-2-3-13(15)14(16)6-11/h2-3,6,9-10,17H,4-5,7-8H2,1H3. The second-order valence-electron chi connectivity index (χ2n) is 4.46. The van der Waals surface area contributed by atoms with Crippen molar-refractivity contribution in [2.45, 2.75) is 13.1 Å². The predicted octanol–water partition coefficient (Wildman–Crippen LogP) is 2.97. The van der Waals surface area contributed by atoms with E-state index >= 15 is 0 Å². The van der Waals surface area contributed by atoms with Crippen molar-refractivity contribution in [3.05, 3.63) is 52.0 Å². The lowest BCUT2D eigenvalue weighted by Crippen LogP contribution is -2.18. The molecule has 0 fully saturated rings. The largest absolute Gasteiger partial charge is 0.383 e. The minimum absolute atomic E-state index is 0.573. The quantitative estimate of drug-likeness (QED) is 0.799. The molecule has 1 aromatic heterocycles. The number of hydrogen-bond donors (Lipinski definition) is 1. The van der Waals surface area contributed by atoms with Gasteiger partial charge in [-0.3, -0.25) is 0 Å². The summed E-state index contributed by atoms with van der Waals surface area (Å²) in [6.45, 7) is 2.97. The molecule has 0 aliphatic rings. The van der Waals surface area contributed by atoms with E-state index in [-0.39, 0.29) is 0 Å². The second kappa shape index (κ2) is 7.64. The van der Waals surface area contributed by atoms with E-state index in [0.717, 1.165) is 30.9 Å². The fraction of sp³-hybridized carbons (Fsp3) is 0.357. The van der Waals surface area contributed by atoms with E-state index < -0.39 is 0 Å². The lowest BCUT2D eigenvalue weighted by molar-refractivity contribution is 0.199. The monoisotopic (exact) mass is 313 g/mol. The maximum absolute atomic E-state index is 6.00. The van der Waals surface area contributed by atoms with E-state index in [0.29, 0.717) is 16.7 Å². The van der Waals surface area contributed by atoms with Crippen LogP contribution in [0.25, 0.3) is 0 Å². The molecule has 1 N–H and O–H groups in total. The summed E-state index contributed by atoms with van der Waals surface area (Å²) in [4.78, 5) is 4.35. The smallest absolute Gasteiger partial charge is 0.0953 e. The summed E-state index contributed by atoms with van der Waals surface area (Å²) in [7, 11) is 1.69. The van der Waals surface area contributed by atoms with Gasteiger partial charge in [-0.2, -0.15) is 0 Å².